The largest absolute Gasteiger partial charge is 0.406 e. The van der Waals surface area contributed by atoms with E-state index < -0.39 is 29.6 Å². The second-order valence-corrected chi connectivity index (χ2v) is 5.21. The summed E-state index contributed by atoms with van der Waals surface area (Å²) < 4.78 is 37.0. The molecule has 1 fully saturated rings. The predicted octanol–water partition coefficient (Wildman–Crippen LogP) is 2.48. The minimum Gasteiger partial charge on any atom is -0.374 e. The molecule has 1 amide bonds. The van der Waals surface area contributed by atoms with E-state index in [4.69, 9.17) is 0 Å². The van der Waals surface area contributed by atoms with Crippen LogP contribution in [0.25, 0.3) is 0 Å². The van der Waals surface area contributed by atoms with Gasteiger partial charge in [0, 0.05) is 19.0 Å². The van der Waals surface area contributed by atoms with Crippen LogP contribution in [0.1, 0.15) is 12.0 Å². The third-order valence-electron chi connectivity index (χ3n) is 3.29. The highest BCUT2D eigenvalue weighted by Crippen LogP contribution is 2.28. The van der Waals surface area contributed by atoms with Gasteiger partial charge in [-0.05, 0) is 18.6 Å². The minimum atomic E-state index is -4.46. The summed E-state index contributed by atoms with van der Waals surface area (Å²) in [5.74, 6) is -0.621. The first kappa shape index (κ1) is 16.1. The van der Waals surface area contributed by atoms with Crippen molar-refractivity contribution < 1.29 is 22.9 Å². The first-order valence-electron chi connectivity index (χ1n) is 6.52. The number of amides is 1. The second kappa shape index (κ2) is 5.82. The quantitative estimate of drug-likeness (QED) is 0.684. The Hall–Kier alpha value is -2.32. The van der Waals surface area contributed by atoms with Crippen LogP contribution in [0.2, 0.25) is 0 Å². The molecule has 0 saturated carbocycles. The number of benzene rings is 1. The zero-order valence-corrected chi connectivity index (χ0v) is 11.7. The van der Waals surface area contributed by atoms with Gasteiger partial charge in [0.15, 0.2) is 0 Å². The van der Waals surface area contributed by atoms with Gasteiger partial charge in [-0.1, -0.05) is 6.07 Å². The van der Waals surface area contributed by atoms with Crippen molar-refractivity contribution in [3.05, 3.63) is 33.9 Å². The molecule has 1 saturated heterocycles. The lowest BCUT2D eigenvalue weighted by Gasteiger charge is -2.19. The van der Waals surface area contributed by atoms with Crippen molar-refractivity contribution in [2.75, 3.05) is 18.4 Å². The summed E-state index contributed by atoms with van der Waals surface area (Å²) in [4.78, 5) is 22.7. The molecule has 1 aromatic rings. The van der Waals surface area contributed by atoms with Crippen LogP contribution in [-0.2, 0) is 4.79 Å². The van der Waals surface area contributed by atoms with Gasteiger partial charge in [-0.2, -0.15) is 13.2 Å². The summed E-state index contributed by atoms with van der Waals surface area (Å²) in [5.41, 5.74) is 0.724. The fraction of sp³-hybridized carbons (Fsp3) is 0.462. The lowest BCUT2D eigenvalue weighted by molar-refractivity contribution is -0.384. The van der Waals surface area contributed by atoms with Gasteiger partial charge in [-0.25, -0.2) is 0 Å². The van der Waals surface area contributed by atoms with Gasteiger partial charge < -0.3 is 10.2 Å². The Balaban J connectivity index is 2.10. The van der Waals surface area contributed by atoms with E-state index >= 15 is 0 Å². The molecule has 1 aliphatic rings. The van der Waals surface area contributed by atoms with Crippen LogP contribution >= 0.6 is 0 Å². The third kappa shape index (κ3) is 3.86. The van der Waals surface area contributed by atoms with Crippen molar-refractivity contribution in [2.24, 2.45) is 0 Å². The molecule has 1 unspecified atom stereocenters. The summed E-state index contributed by atoms with van der Waals surface area (Å²) in [5, 5.41) is 13.8. The number of nitrogens with zero attached hydrogens (tertiary/aromatic N) is 2. The lowest BCUT2D eigenvalue weighted by atomic mass is 10.1. The summed E-state index contributed by atoms with van der Waals surface area (Å²) in [7, 11) is 0. The van der Waals surface area contributed by atoms with Crippen molar-refractivity contribution in [3.63, 3.8) is 0 Å². The van der Waals surface area contributed by atoms with Gasteiger partial charge in [0.05, 0.1) is 11.0 Å². The monoisotopic (exact) mass is 317 g/mol. The number of halogens is 3. The lowest BCUT2D eigenvalue weighted by Crippen LogP contribution is -2.36. The van der Waals surface area contributed by atoms with Crippen LogP contribution in [0, 0.1) is 17.0 Å². The molecular weight excluding hydrogens is 303 g/mol. The number of aryl methyl sites for hydroxylation is 1. The van der Waals surface area contributed by atoms with E-state index in [0.717, 1.165) is 0 Å². The molecule has 2 rings (SSSR count). The summed E-state index contributed by atoms with van der Waals surface area (Å²) >= 11 is 0. The molecule has 1 N–H and O–H groups in total. The van der Waals surface area contributed by atoms with Crippen LogP contribution < -0.4 is 5.32 Å². The van der Waals surface area contributed by atoms with Crippen molar-refractivity contribution >= 4 is 17.3 Å². The Morgan fingerprint density at radius 3 is 2.73 bits per heavy atom. The van der Waals surface area contributed by atoms with Gasteiger partial charge in [-0.15, -0.1) is 0 Å². The number of nitro benzene ring substituents is 1. The molecule has 0 aromatic heterocycles. The van der Waals surface area contributed by atoms with Crippen LogP contribution in [-0.4, -0.2) is 41.0 Å². The van der Waals surface area contributed by atoms with Gasteiger partial charge >= 0.3 is 6.18 Å². The van der Waals surface area contributed by atoms with Crippen molar-refractivity contribution in [3.8, 4) is 0 Å². The molecular formula is C13H14F3N3O3. The standard InChI is InChI=1S/C13H14F3N3O3/c1-8-2-3-10(11(4-8)19(21)22)17-9-5-12(20)18(6-9)7-13(14,15)16/h2-4,9,17H,5-7H2,1H3. The van der Waals surface area contributed by atoms with Crippen LogP contribution in [0.15, 0.2) is 18.2 Å². The molecule has 0 spiro atoms. The number of likely N-dealkylation sites (tertiary alicyclic amines) is 1. The molecule has 0 bridgehead atoms. The van der Waals surface area contributed by atoms with Crippen LogP contribution in [0.4, 0.5) is 24.5 Å². The molecule has 9 heteroatoms. The van der Waals surface area contributed by atoms with Gasteiger partial charge in [0.1, 0.15) is 12.2 Å². The predicted molar refractivity (Wildman–Crippen MR) is 72.5 cm³/mol. The minimum absolute atomic E-state index is 0.124. The Labute approximate surface area is 124 Å². The maximum atomic E-state index is 12.3. The smallest absolute Gasteiger partial charge is 0.374 e. The van der Waals surface area contributed by atoms with Crippen molar-refractivity contribution in [2.45, 2.75) is 25.6 Å². The van der Waals surface area contributed by atoms with E-state index in [1.54, 1.807) is 13.0 Å². The zero-order valence-electron chi connectivity index (χ0n) is 11.7. The average molecular weight is 317 g/mol. The van der Waals surface area contributed by atoms with Gasteiger partial charge in [-0.3, -0.25) is 14.9 Å². The maximum Gasteiger partial charge on any atom is 0.406 e. The molecule has 120 valence electrons. The number of anilines is 1. The number of nitrogens with one attached hydrogen (secondary N) is 1. The maximum absolute atomic E-state index is 12.3. The van der Waals surface area contributed by atoms with Gasteiger partial charge in [0.2, 0.25) is 5.91 Å². The van der Waals surface area contributed by atoms with E-state index in [1.165, 1.54) is 12.1 Å². The molecule has 1 aliphatic heterocycles. The molecule has 6 nitrogen and oxygen atoms in total. The number of rotatable bonds is 4. The van der Waals surface area contributed by atoms with Crippen molar-refractivity contribution in [1.29, 1.82) is 0 Å². The van der Waals surface area contributed by atoms with E-state index in [0.29, 0.717) is 10.5 Å². The highest BCUT2D eigenvalue weighted by molar-refractivity contribution is 5.80. The molecule has 22 heavy (non-hydrogen) atoms. The van der Waals surface area contributed by atoms with Crippen LogP contribution in [0.3, 0.4) is 0 Å². The van der Waals surface area contributed by atoms with Crippen molar-refractivity contribution in [1.82, 2.24) is 4.90 Å². The third-order valence-corrected chi connectivity index (χ3v) is 3.29. The Bertz CT molecular complexity index is 604. The summed E-state index contributed by atoms with van der Waals surface area (Å²) in [6.07, 6.45) is -4.58. The first-order chi connectivity index (χ1) is 10.2. The van der Waals surface area contributed by atoms with E-state index in [9.17, 15) is 28.1 Å². The van der Waals surface area contributed by atoms with E-state index in [-0.39, 0.29) is 24.3 Å². The molecule has 1 heterocycles. The van der Waals surface area contributed by atoms with E-state index in [2.05, 4.69) is 5.32 Å². The Morgan fingerprint density at radius 1 is 1.45 bits per heavy atom. The summed E-state index contributed by atoms with van der Waals surface area (Å²) in [6.45, 7) is 0.254. The fourth-order valence-electron chi connectivity index (χ4n) is 2.37. The Morgan fingerprint density at radius 2 is 2.14 bits per heavy atom. The highest BCUT2D eigenvalue weighted by atomic mass is 19.4. The average Bonchev–Trinajstić information content (AvgIpc) is 2.69. The zero-order chi connectivity index (χ0) is 16.5. The normalized spacial score (nSPS) is 18.6. The van der Waals surface area contributed by atoms with Crippen LogP contribution in [0.5, 0.6) is 0 Å². The highest BCUT2D eigenvalue weighted by Gasteiger charge is 2.38. The Kier molecular flexibility index (Phi) is 4.25. The summed E-state index contributed by atoms with van der Waals surface area (Å²) in [6, 6.07) is 3.92. The number of hydrogen-bond donors (Lipinski definition) is 1. The van der Waals surface area contributed by atoms with Gasteiger partial charge in [0.25, 0.3) is 5.69 Å². The SMILES string of the molecule is Cc1ccc(NC2CC(=O)N(CC(F)(F)F)C2)c([N+](=O)[O-])c1. The number of carbonyl (C=O) groups is 1. The molecule has 1 atom stereocenters. The number of alkyl halides is 3. The topological polar surface area (TPSA) is 75.5 Å². The molecule has 0 radical (unpaired) electrons. The molecule has 1 aromatic carbocycles. The fourth-order valence-corrected chi connectivity index (χ4v) is 2.37. The number of carbonyl (C=O) groups excluding carboxylic acids is 1. The van der Waals surface area contributed by atoms with E-state index in [1.807, 2.05) is 0 Å². The number of hydrogen-bond acceptors (Lipinski definition) is 4. The first-order valence-corrected chi connectivity index (χ1v) is 6.52. The number of nitro groups is 1. The molecule has 0 aliphatic carbocycles. The second-order valence-electron chi connectivity index (χ2n) is 5.21.